The number of hydrogen-bond acceptors (Lipinski definition) is 2. The van der Waals surface area contributed by atoms with Crippen LogP contribution < -0.4 is 5.32 Å². The van der Waals surface area contributed by atoms with Gasteiger partial charge in [0, 0.05) is 18.3 Å². The number of nitrogens with zero attached hydrogens (tertiary/aromatic N) is 2. The fourth-order valence-electron chi connectivity index (χ4n) is 3.01. The van der Waals surface area contributed by atoms with Crippen molar-refractivity contribution in [3.05, 3.63) is 18.2 Å². The molecule has 0 aromatic carbocycles. The van der Waals surface area contributed by atoms with Gasteiger partial charge in [0.15, 0.2) is 0 Å². The van der Waals surface area contributed by atoms with Gasteiger partial charge in [-0.05, 0) is 32.2 Å². The van der Waals surface area contributed by atoms with E-state index in [0.29, 0.717) is 6.04 Å². The van der Waals surface area contributed by atoms with E-state index in [4.69, 9.17) is 0 Å². The molecule has 3 rings (SSSR count). The van der Waals surface area contributed by atoms with Crippen LogP contribution in [0.2, 0.25) is 0 Å². The second kappa shape index (κ2) is 3.97. The minimum atomic E-state index is 0.563. The van der Waals surface area contributed by atoms with Crippen molar-refractivity contribution < 1.29 is 0 Å². The van der Waals surface area contributed by atoms with Crippen LogP contribution >= 0.6 is 0 Å². The quantitative estimate of drug-likeness (QED) is 0.803. The molecule has 0 bridgehead atoms. The summed E-state index contributed by atoms with van der Waals surface area (Å²) in [6.45, 7) is 1.17. The van der Waals surface area contributed by atoms with Gasteiger partial charge >= 0.3 is 0 Å². The highest BCUT2D eigenvalue weighted by atomic mass is 15.1. The molecule has 1 atom stereocenters. The van der Waals surface area contributed by atoms with E-state index in [1.165, 1.54) is 50.8 Å². The first-order chi connectivity index (χ1) is 7.45. The van der Waals surface area contributed by atoms with Gasteiger partial charge in [-0.3, -0.25) is 0 Å². The molecule has 0 radical (unpaired) electrons. The maximum atomic E-state index is 4.33. The van der Waals surface area contributed by atoms with Crippen molar-refractivity contribution in [2.45, 2.75) is 50.6 Å². The lowest BCUT2D eigenvalue weighted by atomic mass is 10.1. The molecule has 1 aromatic rings. The topological polar surface area (TPSA) is 29.9 Å². The van der Waals surface area contributed by atoms with E-state index in [0.717, 1.165) is 6.04 Å². The van der Waals surface area contributed by atoms with Crippen LogP contribution in [0.25, 0.3) is 0 Å². The Labute approximate surface area is 90.9 Å². The van der Waals surface area contributed by atoms with Gasteiger partial charge in [0.2, 0.25) is 0 Å². The van der Waals surface area contributed by atoms with E-state index in [9.17, 15) is 0 Å². The van der Waals surface area contributed by atoms with E-state index in [2.05, 4.69) is 21.1 Å². The molecule has 1 aliphatic heterocycles. The van der Waals surface area contributed by atoms with Gasteiger partial charge in [0.05, 0.1) is 12.0 Å². The summed E-state index contributed by atoms with van der Waals surface area (Å²) in [6.07, 6.45) is 12.1. The summed E-state index contributed by atoms with van der Waals surface area (Å²) in [4.78, 5) is 4.33. The van der Waals surface area contributed by atoms with Crippen molar-refractivity contribution in [1.29, 1.82) is 0 Å². The zero-order valence-corrected chi connectivity index (χ0v) is 9.15. The summed E-state index contributed by atoms with van der Waals surface area (Å²) in [6, 6.07) is 1.29. The predicted molar refractivity (Wildman–Crippen MR) is 59.7 cm³/mol. The molecule has 3 heteroatoms. The van der Waals surface area contributed by atoms with Gasteiger partial charge in [-0.15, -0.1) is 0 Å². The second-order valence-electron chi connectivity index (χ2n) is 4.81. The standard InChI is InChI=1S/C12H19N3/c1-2-5-10(4-1)15-9-13-8-12(15)11-6-3-7-14-11/h8-11,14H,1-7H2/t11-/m0/s1. The van der Waals surface area contributed by atoms with Gasteiger partial charge in [0.25, 0.3) is 0 Å². The molecular weight excluding hydrogens is 186 g/mol. The molecule has 82 valence electrons. The van der Waals surface area contributed by atoms with E-state index in [-0.39, 0.29) is 0 Å². The highest BCUT2D eigenvalue weighted by molar-refractivity contribution is 5.09. The fraction of sp³-hybridized carbons (Fsp3) is 0.750. The third-order valence-electron chi connectivity index (χ3n) is 3.83. The average molecular weight is 205 g/mol. The van der Waals surface area contributed by atoms with Crippen molar-refractivity contribution in [2.24, 2.45) is 0 Å². The Kier molecular flexibility index (Phi) is 2.49. The average Bonchev–Trinajstić information content (AvgIpc) is 3.01. The maximum absolute atomic E-state index is 4.33. The largest absolute Gasteiger partial charge is 0.330 e. The molecule has 0 amide bonds. The molecule has 1 N–H and O–H groups in total. The smallest absolute Gasteiger partial charge is 0.0951 e. The van der Waals surface area contributed by atoms with E-state index in [1.54, 1.807) is 0 Å². The highest BCUT2D eigenvalue weighted by Crippen LogP contribution is 2.33. The summed E-state index contributed by atoms with van der Waals surface area (Å²) in [7, 11) is 0. The lowest BCUT2D eigenvalue weighted by Gasteiger charge is -2.18. The molecule has 2 heterocycles. The zero-order chi connectivity index (χ0) is 10.1. The molecule has 3 nitrogen and oxygen atoms in total. The Morgan fingerprint density at radius 1 is 1.20 bits per heavy atom. The summed E-state index contributed by atoms with van der Waals surface area (Å²) in [5.41, 5.74) is 1.42. The second-order valence-corrected chi connectivity index (χ2v) is 4.81. The van der Waals surface area contributed by atoms with E-state index in [1.807, 2.05) is 6.33 Å². The Morgan fingerprint density at radius 3 is 2.80 bits per heavy atom. The summed E-state index contributed by atoms with van der Waals surface area (Å²) in [5.74, 6) is 0. The minimum Gasteiger partial charge on any atom is -0.330 e. The van der Waals surface area contributed by atoms with Gasteiger partial charge in [0.1, 0.15) is 0 Å². The van der Waals surface area contributed by atoms with E-state index >= 15 is 0 Å². The molecule has 0 spiro atoms. The van der Waals surface area contributed by atoms with Gasteiger partial charge in [-0.25, -0.2) is 4.98 Å². The van der Waals surface area contributed by atoms with Crippen molar-refractivity contribution in [3.63, 3.8) is 0 Å². The van der Waals surface area contributed by atoms with Gasteiger partial charge in [-0.1, -0.05) is 12.8 Å². The van der Waals surface area contributed by atoms with Gasteiger partial charge < -0.3 is 9.88 Å². The molecule has 1 aliphatic carbocycles. The van der Waals surface area contributed by atoms with Crippen LogP contribution in [0.3, 0.4) is 0 Å². The van der Waals surface area contributed by atoms with Crippen LogP contribution in [0.15, 0.2) is 12.5 Å². The molecule has 2 fully saturated rings. The van der Waals surface area contributed by atoms with Crippen LogP contribution in [-0.4, -0.2) is 16.1 Å². The lowest BCUT2D eigenvalue weighted by molar-refractivity contribution is 0.471. The molecule has 15 heavy (non-hydrogen) atoms. The lowest BCUT2D eigenvalue weighted by Crippen LogP contribution is -2.18. The molecule has 1 aromatic heterocycles. The van der Waals surface area contributed by atoms with E-state index < -0.39 is 0 Å². The fourth-order valence-corrected chi connectivity index (χ4v) is 3.01. The Balaban J connectivity index is 1.84. The minimum absolute atomic E-state index is 0.563. The number of nitrogens with one attached hydrogen (secondary N) is 1. The number of rotatable bonds is 2. The third-order valence-corrected chi connectivity index (χ3v) is 3.83. The van der Waals surface area contributed by atoms with Crippen LogP contribution in [-0.2, 0) is 0 Å². The molecule has 2 aliphatic rings. The van der Waals surface area contributed by atoms with Crippen LogP contribution in [0.4, 0.5) is 0 Å². The van der Waals surface area contributed by atoms with Crippen LogP contribution in [0.1, 0.15) is 56.3 Å². The molecule has 1 saturated carbocycles. The number of imidazole rings is 1. The molecular formula is C12H19N3. The van der Waals surface area contributed by atoms with Crippen molar-refractivity contribution in [2.75, 3.05) is 6.54 Å². The Morgan fingerprint density at radius 2 is 2.07 bits per heavy atom. The third kappa shape index (κ3) is 1.69. The number of aromatic nitrogens is 2. The predicted octanol–water partition coefficient (Wildman–Crippen LogP) is 2.42. The highest BCUT2D eigenvalue weighted by Gasteiger charge is 2.24. The first-order valence-electron chi connectivity index (χ1n) is 6.20. The summed E-state index contributed by atoms with van der Waals surface area (Å²) >= 11 is 0. The normalized spacial score (nSPS) is 27.6. The van der Waals surface area contributed by atoms with Gasteiger partial charge in [-0.2, -0.15) is 0 Å². The number of hydrogen-bond donors (Lipinski definition) is 1. The monoisotopic (exact) mass is 205 g/mol. The Hall–Kier alpha value is -0.830. The zero-order valence-electron chi connectivity index (χ0n) is 9.15. The first kappa shape index (κ1) is 9.40. The first-order valence-corrected chi connectivity index (χ1v) is 6.20. The van der Waals surface area contributed by atoms with Crippen molar-refractivity contribution in [1.82, 2.24) is 14.9 Å². The molecule has 1 saturated heterocycles. The van der Waals surface area contributed by atoms with Crippen molar-refractivity contribution >= 4 is 0 Å². The SMILES string of the molecule is c1ncn(C2CCCC2)c1[C@@H]1CCCN1. The van der Waals surface area contributed by atoms with Crippen LogP contribution in [0, 0.1) is 0 Å². The summed E-state index contributed by atoms with van der Waals surface area (Å²) in [5, 5.41) is 3.56. The van der Waals surface area contributed by atoms with Crippen molar-refractivity contribution in [3.8, 4) is 0 Å². The Bertz CT molecular complexity index is 289. The maximum Gasteiger partial charge on any atom is 0.0951 e. The molecule has 0 unspecified atom stereocenters. The summed E-state index contributed by atoms with van der Waals surface area (Å²) < 4.78 is 2.43. The van der Waals surface area contributed by atoms with Crippen LogP contribution in [0.5, 0.6) is 0 Å².